The van der Waals surface area contributed by atoms with Crippen LogP contribution >= 0.6 is 11.3 Å². The predicted molar refractivity (Wildman–Crippen MR) is 80.2 cm³/mol. The first kappa shape index (κ1) is 15.0. The van der Waals surface area contributed by atoms with Crippen LogP contribution in [0.4, 0.5) is 5.00 Å². The lowest BCUT2D eigenvalue weighted by Crippen LogP contribution is -2.21. The second kappa shape index (κ2) is 6.88. The molecule has 0 atom stereocenters. The van der Waals surface area contributed by atoms with Gasteiger partial charge in [-0.3, -0.25) is 4.79 Å². The van der Waals surface area contributed by atoms with Crippen molar-refractivity contribution >= 4 is 28.2 Å². The number of thiophene rings is 1. The Hall–Kier alpha value is -1.36. The highest BCUT2D eigenvalue weighted by molar-refractivity contribution is 7.16. The summed E-state index contributed by atoms with van der Waals surface area (Å²) >= 11 is 1.46. The zero-order valence-electron chi connectivity index (χ0n) is 12.0. The van der Waals surface area contributed by atoms with Crippen molar-refractivity contribution in [2.75, 3.05) is 11.9 Å². The van der Waals surface area contributed by atoms with Crippen molar-refractivity contribution in [3.8, 4) is 0 Å². The van der Waals surface area contributed by atoms with Crippen molar-refractivity contribution < 1.29 is 14.3 Å². The highest BCUT2D eigenvalue weighted by Crippen LogP contribution is 2.32. The van der Waals surface area contributed by atoms with Crippen LogP contribution in [0, 0.1) is 5.92 Å². The Morgan fingerprint density at radius 2 is 2.15 bits per heavy atom. The summed E-state index contributed by atoms with van der Waals surface area (Å²) in [4.78, 5) is 25.0. The number of hydrogen-bond acceptors (Lipinski definition) is 4. The van der Waals surface area contributed by atoms with Gasteiger partial charge in [0.1, 0.15) is 5.00 Å². The van der Waals surface area contributed by atoms with Gasteiger partial charge in [-0.1, -0.05) is 13.3 Å². The minimum atomic E-state index is -0.359. The first-order valence-corrected chi connectivity index (χ1v) is 8.05. The van der Waals surface area contributed by atoms with Crippen LogP contribution in [0.3, 0.4) is 0 Å². The van der Waals surface area contributed by atoms with E-state index in [0.717, 1.165) is 24.1 Å². The van der Waals surface area contributed by atoms with Gasteiger partial charge in [0.15, 0.2) is 0 Å². The number of anilines is 1. The van der Waals surface area contributed by atoms with E-state index in [9.17, 15) is 9.59 Å². The molecule has 1 aliphatic rings. The standard InChI is InChI=1S/C15H21NO3S/c1-3-11-9-12(15(18)19-4-2)14(20-11)16-13(17)8-10-6-5-7-10/h9-10H,3-8H2,1-2H3,(H,16,17). The molecule has 0 unspecified atom stereocenters. The van der Waals surface area contributed by atoms with Crippen LogP contribution in [-0.2, 0) is 16.0 Å². The van der Waals surface area contributed by atoms with Gasteiger partial charge in [-0.25, -0.2) is 4.79 Å². The summed E-state index contributed by atoms with van der Waals surface area (Å²) in [6, 6.07) is 1.82. The number of ether oxygens (including phenoxy) is 1. The number of carbonyl (C=O) groups excluding carboxylic acids is 2. The fourth-order valence-electron chi connectivity index (χ4n) is 2.21. The van der Waals surface area contributed by atoms with Gasteiger partial charge in [0.05, 0.1) is 12.2 Å². The largest absolute Gasteiger partial charge is 0.462 e. The molecule has 1 heterocycles. The van der Waals surface area contributed by atoms with E-state index in [1.54, 1.807) is 6.92 Å². The van der Waals surface area contributed by atoms with Crippen molar-refractivity contribution in [1.29, 1.82) is 0 Å². The maximum Gasteiger partial charge on any atom is 0.341 e. The second-order valence-corrected chi connectivity index (χ2v) is 6.22. The molecule has 1 aliphatic carbocycles. The lowest BCUT2D eigenvalue weighted by atomic mass is 9.83. The van der Waals surface area contributed by atoms with E-state index in [2.05, 4.69) is 5.32 Å². The number of nitrogens with one attached hydrogen (secondary N) is 1. The first-order valence-electron chi connectivity index (χ1n) is 7.23. The number of aryl methyl sites for hydroxylation is 1. The Morgan fingerprint density at radius 1 is 1.40 bits per heavy atom. The van der Waals surface area contributed by atoms with Crippen molar-refractivity contribution in [1.82, 2.24) is 0 Å². The average molecular weight is 295 g/mol. The summed E-state index contributed by atoms with van der Waals surface area (Å²) in [5.41, 5.74) is 0.482. The molecule has 1 aromatic rings. The maximum atomic E-state index is 12.0. The number of carbonyl (C=O) groups is 2. The normalized spacial score (nSPS) is 14.7. The van der Waals surface area contributed by atoms with Gasteiger partial charge < -0.3 is 10.1 Å². The smallest absolute Gasteiger partial charge is 0.341 e. The monoisotopic (exact) mass is 295 g/mol. The van der Waals surface area contributed by atoms with Crippen molar-refractivity contribution in [3.05, 3.63) is 16.5 Å². The topological polar surface area (TPSA) is 55.4 Å². The Bertz CT molecular complexity index is 491. The van der Waals surface area contributed by atoms with Gasteiger partial charge >= 0.3 is 5.97 Å². The molecule has 5 heteroatoms. The van der Waals surface area contributed by atoms with Crippen LogP contribution in [0.15, 0.2) is 6.07 Å². The van der Waals surface area contributed by atoms with Crippen LogP contribution in [-0.4, -0.2) is 18.5 Å². The molecule has 1 aromatic heterocycles. The molecule has 0 aliphatic heterocycles. The minimum absolute atomic E-state index is 0.00440. The molecule has 1 saturated carbocycles. The van der Waals surface area contributed by atoms with Gasteiger partial charge in [-0.05, 0) is 38.2 Å². The zero-order valence-corrected chi connectivity index (χ0v) is 12.8. The molecule has 110 valence electrons. The SMILES string of the molecule is CCOC(=O)c1cc(CC)sc1NC(=O)CC1CCC1. The summed E-state index contributed by atoms with van der Waals surface area (Å²) in [5.74, 6) is 0.166. The molecule has 1 N–H and O–H groups in total. The third-order valence-electron chi connectivity index (χ3n) is 3.58. The van der Waals surface area contributed by atoms with E-state index in [1.807, 2.05) is 13.0 Å². The van der Waals surface area contributed by atoms with Crippen LogP contribution in [0.2, 0.25) is 0 Å². The van der Waals surface area contributed by atoms with Gasteiger partial charge in [-0.15, -0.1) is 11.3 Å². The minimum Gasteiger partial charge on any atom is -0.462 e. The predicted octanol–water partition coefficient (Wildman–Crippen LogP) is 3.62. The number of amides is 1. The highest BCUT2D eigenvalue weighted by atomic mass is 32.1. The van der Waals surface area contributed by atoms with Crippen LogP contribution in [0.5, 0.6) is 0 Å². The van der Waals surface area contributed by atoms with E-state index >= 15 is 0 Å². The third kappa shape index (κ3) is 3.60. The van der Waals surface area contributed by atoms with E-state index in [0.29, 0.717) is 29.5 Å². The van der Waals surface area contributed by atoms with E-state index in [-0.39, 0.29) is 11.9 Å². The summed E-state index contributed by atoms with van der Waals surface area (Å²) in [6.45, 7) is 4.15. The van der Waals surface area contributed by atoms with Gasteiger partial charge in [0, 0.05) is 11.3 Å². The molecule has 2 rings (SSSR count). The van der Waals surface area contributed by atoms with E-state index < -0.39 is 0 Å². The summed E-state index contributed by atoms with van der Waals surface area (Å²) in [5, 5.41) is 3.51. The Labute approximate surface area is 123 Å². The maximum absolute atomic E-state index is 12.0. The Kier molecular flexibility index (Phi) is 5.17. The molecule has 0 radical (unpaired) electrons. The molecule has 4 nitrogen and oxygen atoms in total. The average Bonchev–Trinajstić information content (AvgIpc) is 2.77. The molecular weight excluding hydrogens is 274 g/mol. The van der Waals surface area contributed by atoms with Gasteiger partial charge in [-0.2, -0.15) is 0 Å². The van der Waals surface area contributed by atoms with Gasteiger partial charge in [0.25, 0.3) is 0 Å². The lowest BCUT2D eigenvalue weighted by molar-refractivity contribution is -0.117. The molecular formula is C15H21NO3S. The molecule has 0 bridgehead atoms. The Balaban J connectivity index is 2.06. The summed E-state index contributed by atoms with van der Waals surface area (Å²) in [7, 11) is 0. The number of hydrogen-bond donors (Lipinski definition) is 1. The molecule has 0 aromatic carbocycles. The van der Waals surface area contributed by atoms with E-state index in [4.69, 9.17) is 4.74 Å². The van der Waals surface area contributed by atoms with Crippen molar-refractivity contribution in [2.24, 2.45) is 5.92 Å². The quantitative estimate of drug-likeness (QED) is 0.816. The Morgan fingerprint density at radius 3 is 2.70 bits per heavy atom. The lowest BCUT2D eigenvalue weighted by Gasteiger charge is -2.24. The van der Waals surface area contributed by atoms with Crippen LogP contribution in [0.1, 0.15) is 54.8 Å². The fraction of sp³-hybridized carbons (Fsp3) is 0.600. The van der Waals surface area contributed by atoms with Crippen molar-refractivity contribution in [2.45, 2.75) is 46.0 Å². The third-order valence-corrected chi connectivity index (χ3v) is 4.77. The summed E-state index contributed by atoms with van der Waals surface area (Å²) < 4.78 is 5.04. The molecule has 0 saturated heterocycles. The molecule has 20 heavy (non-hydrogen) atoms. The fourth-order valence-corrected chi connectivity index (χ4v) is 3.21. The second-order valence-electron chi connectivity index (χ2n) is 5.08. The molecule has 1 fully saturated rings. The first-order chi connectivity index (χ1) is 9.63. The molecule has 0 spiro atoms. The number of rotatable bonds is 6. The molecule has 1 amide bonds. The highest BCUT2D eigenvalue weighted by Gasteiger charge is 2.23. The van der Waals surface area contributed by atoms with Crippen LogP contribution < -0.4 is 5.32 Å². The summed E-state index contributed by atoms with van der Waals surface area (Å²) in [6.07, 6.45) is 4.91. The van der Waals surface area contributed by atoms with Gasteiger partial charge in [0.2, 0.25) is 5.91 Å². The zero-order chi connectivity index (χ0) is 14.5. The van der Waals surface area contributed by atoms with E-state index in [1.165, 1.54) is 17.8 Å². The van der Waals surface area contributed by atoms with Crippen molar-refractivity contribution in [3.63, 3.8) is 0 Å². The number of esters is 1. The van der Waals surface area contributed by atoms with Crippen LogP contribution in [0.25, 0.3) is 0 Å².